The number of hydrogen-bond donors (Lipinski definition) is 0. The van der Waals surface area contributed by atoms with Crippen molar-refractivity contribution in [2.75, 3.05) is 18.0 Å². The molecule has 0 amide bonds. The molecule has 0 aromatic carbocycles. The smallest absolute Gasteiger partial charge is 0.128 e. The summed E-state index contributed by atoms with van der Waals surface area (Å²) >= 11 is 5.90. The minimum absolute atomic E-state index is 0.558. The van der Waals surface area contributed by atoms with Crippen molar-refractivity contribution in [2.24, 2.45) is 5.41 Å². The minimum atomic E-state index is 0.558. The first-order valence-electron chi connectivity index (χ1n) is 7.50. The van der Waals surface area contributed by atoms with E-state index in [-0.39, 0.29) is 0 Å². The molecule has 1 aromatic heterocycles. The van der Waals surface area contributed by atoms with E-state index >= 15 is 0 Å². The fourth-order valence-electron chi connectivity index (χ4n) is 3.73. The summed E-state index contributed by atoms with van der Waals surface area (Å²) in [5, 5.41) is 0. The SMILES string of the molecule is Cc1nc(N2CCC3(CCCC3)CC2)ccc1CCl. The van der Waals surface area contributed by atoms with E-state index < -0.39 is 0 Å². The summed E-state index contributed by atoms with van der Waals surface area (Å²) in [4.78, 5) is 7.18. The molecule has 2 nitrogen and oxygen atoms in total. The number of halogens is 1. The average molecular weight is 279 g/mol. The van der Waals surface area contributed by atoms with Crippen LogP contribution in [0, 0.1) is 12.3 Å². The molecule has 19 heavy (non-hydrogen) atoms. The van der Waals surface area contributed by atoms with Crippen molar-refractivity contribution in [1.82, 2.24) is 4.98 Å². The van der Waals surface area contributed by atoms with E-state index in [0.717, 1.165) is 17.1 Å². The van der Waals surface area contributed by atoms with Crippen LogP contribution in [0.1, 0.15) is 49.8 Å². The first-order chi connectivity index (χ1) is 9.22. The van der Waals surface area contributed by atoms with Gasteiger partial charge in [-0.05, 0) is 49.7 Å². The van der Waals surface area contributed by atoms with Crippen molar-refractivity contribution in [1.29, 1.82) is 0 Å². The first-order valence-corrected chi connectivity index (χ1v) is 8.03. The van der Waals surface area contributed by atoms with Crippen LogP contribution in [0.2, 0.25) is 0 Å². The van der Waals surface area contributed by atoms with Crippen LogP contribution in [-0.4, -0.2) is 18.1 Å². The number of piperidine rings is 1. The summed E-state index contributed by atoms with van der Waals surface area (Å²) in [6, 6.07) is 4.27. The molecule has 2 aliphatic rings. The molecule has 0 N–H and O–H groups in total. The van der Waals surface area contributed by atoms with Crippen LogP contribution in [0.15, 0.2) is 12.1 Å². The molecule has 1 saturated heterocycles. The monoisotopic (exact) mass is 278 g/mol. The zero-order valence-corrected chi connectivity index (χ0v) is 12.5. The Morgan fingerprint density at radius 1 is 1.16 bits per heavy atom. The number of rotatable bonds is 2. The standard InChI is InChI=1S/C16H23ClN2/c1-13-14(12-17)4-5-15(18-13)19-10-8-16(9-11-19)6-2-3-7-16/h4-5H,2-3,6-12H2,1H3. The quantitative estimate of drug-likeness (QED) is 0.750. The highest BCUT2D eigenvalue weighted by Crippen LogP contribution is 2.46. The van der Waals surface area contributed by atoms with Gasteiger partial charge in [-0.1, -0.05) is 18.9 Å². The number of aryl methyl sites for hydroxylation is 1. The van der Waals surface area contributed by atoms with Crippen LogP contribution < -0.4 is 4.90 Å². The number of anilines is 1. The molecule has 3 rings (SSSR count). The third-order valence-electron chi connectivity index (χ3n) is 5.14. The highest BCUT2D eigenvalue weighted by molar-refractivity contribution is 6.17. The van der Waals surface area contributed by atoms with Crippen LogP contribution in [0.5, 0.6) is 0 Å². The molecule has 0 atom stereocenters. The van der Waals surface area contributed by atoms with Crippen molar-refractivity contribution >= 4 is 17.4 Å². The Bertz CT molecular complexity index is 442. The first kappa shape index (κ1) is 13.2. The molecule has 0 unspecified atom stereocenters. The lowest BCUT2D eigenvalue weighted by Gasteiger charge is -2.40. The second-order valence-electron chi connectivity index (χ2n) is 6.24. The highest BCUT2D eigenvalue weighted by Gasteiger charge is 2.37. The second kappa shape index (κ2) is 5.32. The van der Waals surface area contributed by atoms with Gasteiger partial charge in [-0.3, -0.25) is 0 Å². The summed E-state index contributed by atoms with van der Waals surface area (Å²) in [5.41, 5.74) is 2.91. The zero-order chi connectivity index (χ0) is 13.3. The molecule has 1 aliphatic heterocycles. The van der Waals surface area contributed by atoms with E-state index in [0.29, 0.717) is 11.3 Å². The van der Waals surface area contributed by atoms with Crippen molar-refractivity contribution in [3.8, 4) is 0 Å². The van der Waals surface area contributed by atoms with E-state index in [1.165, 1.54) is 51.6 Å². The van der Waals surface area contributed by atoms with Gasteiger partial charge in [0, 0.05) is 24.7 Å². The van der Waals surface area contributed by atoms with E-state index in [9.17, 15) is 0 Å². The number of hydrogen-bond acceptors (Lipinski definition) is 2. The van der Waals surface area contributed by atoms with E-state index in [1.54, 1.807) is 0 Å². The topological polar surface area (TPSA) is 16.1 Å². The molecule has 104 valence electrons. The van der Waals surface area contributed by atoms with Gasteiger partial charge in [-0.15, -0.1) is 11.6 Å². The highest BCUT2D eigenvalue weighted by atomic mass is 35.5. The van der Waals surface area contributed by atoms with Gasteiger partial charge in [-0.2, -0.15) is 0 Å². The predicted molar refractivity (Wildman–Crippen MR) is 80.9 cm³/mol. The van der Waals surface area contributed by atoms with E-state index in [2.05, 4.69) is 24.0 Å². The van der Waals surface area contributed by atoms with Crippen molar-refractivity contribution in [2.45, 2.75) is 51.3 Å². The average Bonchev–Trinajstić information content (AvgIpc) is 2.88. The Morgan fingerprint density at radius 2 is 1.84 bits per heavy atom. The molecule has 2 fully saturated rings. The van der Waals surface area contributed by atoms with Crippen LogP contribution in [0.4, 0.5) is 5.82 Å². The maximum Gasteiger partial charge on any atom is 0.128 e. The number of alkyl halides is 1. The van der Waals surface area contributed by atoms with Crippen molar-refractivity contribution < 1.29 is 0 Å². The maximum atomic E-state index is 5.90. The van der Waals surface area contributed by atoms with Gasteiger partial charge in [0.05, 0.1) is 0 Å². The van der Waals surface area contributed by atoms with Gasteiger partial charge in [0.1, 0.15) is 5.82 Å². The molecule has 1 aliphatic carbocycles. The van der Waals surface area contributed by atoms with Gasteiger partial charge < -0.3 is 4.90 Å². The van der Waals surface area contributed by atoms with Crippen LogP contribution >= 0.6 is 11.6 Å². The lowest BCUT2D eigenvalue weighted by atomic mass is 9.77. The molecule has 1 saturated carbocycles. The van der Waals surface area contributed by atoms with Crippen LogP contribution in [0.25, 0.3) is 0 Å². The lowest BCUT2D eigenvalue weighted by Crippen LogP contribution is -2.39. The van der Waals surface area contributed by atoms with Crippen molar-refractivity contribution in [3.05, 3.63) is 23.4 Å². The van der Waals surface area contributed by atoms with Gasteiger partial charge >= 0.3 is 0 Å². The largest absolute Gasteiger partial charge is 0.357 e. The molecular formula is C16H23ClN2. The predicted octanol–water partition coefficient (Wildman–Crippen LogP) is 4.29. The van der Waals surface area contributed by atoms with Crippen molar-refractivity contribution in [3.63, 3.8) is 0 Å². The van der Waals surface area contributed by atoms with Crippen LogP contribution in [0.3, 0.4) is 0 Å². The molecule has 3 heteroatoms. The molecule has 1 aromatic rings. The maximum absolute atomic E-state index is 5.90. The summed E-state index contributed by atoms with van der Waals surface area (Å²) in [6.07, 6.45) is 8.51. The second-order valence-corrected chi connectivity index (χ2v) is 6.51. The number of aromatic nitrogens is 1. The Labute approximate surface area is 121 Å². The Hall–Kier alpha value is -0.760. The van der Waals surface area contributed by atoms with Gasteiger partial charge in [-0.25, -0.2) is 4.98 Å². The Balaban J connectivity index is 1.69. The van der Waals surface area contributed by atoms with E-state index in [4.69, 9.17) is 16.6 Å². The zero-order valence-electron chi connectivity index (χ0n) is 11.8. The normalized spacial score (nSPS) is 22.1. The molecular weight excluding hydrogens is 256 g/mol. The number of nitrogens with zero attached hydrogens (tertiary/aromatic N) is 2. The fourth-order valence-corrected chi connectivity index (χ4v) is 4.01. The summed E-state index contributed by atoms with van der Waals surface area (Å²) in [7, 11) is 0. The minimum Gasteiger partial charge on any atom is -0.357 e. The van der Waals surface area contributed by atoms with Gasteiger partial charge in [0.25, 0.3) is 0 Å². The van der Waals surface area contributed by atoms with E-state index in [1.807, 2.05) is 0 Å². The molecule has 0 radical (unpaired) electrons. The summed E-state index contributed by atoms with van der Waals surface area (Å²) < 4.78 is 0. The van der Waals surface area contributed by atoms with Gasteiger partial charge in [0.2, 0.25) is 0 Å². The van der Waals surface area contributed by atoms with Gasteiger partial charge in [0.15, 0.2) is 0 Å². The van der Waals surface area contributed by atoms with Crippen LogP contribution in [-0.2, 0) is 5.88 Å². The fraction of sp³-hybridized carbons (Fsp3) is 0.688. The molecule has 1 spiro atoms. The molecule has 2 heterocycles. The molecule has 0 bridgehead atoms. The Morgan fingerprint density at radius 3 is 2.42 bits per heavy atom. The Kier molecular flexibility index (Phi) is 3.70. The summed E-state index contributed by atoms with van der Waals surface area (Å²) in [6.45, 7) is 4.41. The third kappa shape index (κ3) is 2.60. The third-order valence-corrected chi connectivity index (χ3v) is 5.42. The number of pyridine rings is 1. The lowest BCUT2D eigenvalue weighted by molar-refractivity contribution is 0.226. The summed E-state index contributed by atoms with van der Waals surface area (Å²) in [5.74, 6) is 1.70.